The lowest BCUT2D eigenvalue weighted by molar-refractivity contribution is -0.113. The normalized spacial score (nSPS) is 24.2. The number of ketones is 1. The van der Waals surface area contributed by atoms with E-state index in [0.29, 0.717) is 0 Å². The van der Waals surface area contributed by atoms with Gasteiger partial charge in [0.25, 0.3) is 0 Å². The van der Waals surface area contributed by atoms with Gasteiger partial charge in [-0.2, -0.15) is 0 Å². The average molecular weight is 147 g/mol. The largest absolute Gasteiger partial charge is 0.293 e. The molecule has 0 unspecified atom stereocenters. The van der Waals surface area contributed by atoms with Crippen molar-refractivity contribution in [2.75, 3.05) is 6.54 Å². The maximum Gasteiger partial charge on any atom is 0.234 e. The fourth-order valence-corrected chi connectivity index (χ4v) is 1.21. The van der Waals surface area contributed by atoms with Crippen molar-refractivity contribution in [3.05, 3.63) is 11.5 Å². The molecular weight excluding hydrogens is 142 g/mol. The van der Waals surface area contributed by atoms with Crippen LogP contribution in [0.15, 0.2) is 11.5 Å². The molecule has 0 atom stereocenters. The van der Waals surface area contributed by atoms with Gasteiger partial charge < -0.3 is 0 Å². The third-order valence-corrected chi connectivity index (χ3v) is 1.92. The summed E-state index contributed by atoms with van der Waals surface area (Å²) < 4.78 is 22.9. The molecule has 5 heteroatoms. The summed E-state index contributed by atoms with van der Waals surface area (Å²) in [5, 5.41) is 0.860. The molecule has 0 bridgehead atoms. The molecule has 1 aliphatic rings. The molecule has 0 saturated heterocycles. The molecule has 0 aromatic heterocycles. The first-order valence-electron chi connectivity index (χ1n) is 2.31. The van der Waals surface area contributed by atoms with Gasteiger partial charge in [0.2, 0.25) is 10.0 Å². The van der Waals surface area contributed by atoms with Gasteiger partial charge in [-0.15, -0.1) is 0 Å². The molecule has 9 heavy (non-hydrogen) atoms. The van der Waals surface area contributed by atoms with E-state index in [-0.39, 0.29) is 12.3 Å². The second kappa shape index (κ2) is 1.93. The van der Waals surface area contributed by atoms with Crippen molar-refractivity contribution in [3.8, 4) is 0 Å². The zero-order valence-electron chi connectivity index (χ0n) is 4.49. The maximum absolute atomic E-state index is 10.4. The molecule has 1 aliphatic heterocycles. The highest BCUT2D eigenvalue weighted by molar-refractivity contribution is 7.92. The number of sulfonamides is 1. The Bertz CT molecular complexity index is 251. The smallest absolute Gasteiger partial charge is 0.234 e. The van der Waals surface area contributed by atoms with E-state index >= 15 is 0 Å². The van der Waals surface area contributed by atoms with Gasteiger partial charge in [0, 0.05) is 5.41 Å². The second-order valence-electron chi connectivity index (χ2n) is 1.64. The monoisotopic (exact) mass is 147 g/mol. The van der Waals surface area contributed by atoms with Crippen molar-refractivity contribution in [2.24, 2.45) is 0 Å². The summed E-state index contributed by atoms with van der Waals surface area (Å²) in [6, 6.07) is 0. The van der Waals surface area contributed by atoms with E-state index in [4.69, 9.17) is 0 Å². The molecule has 1 heterocycles. The Labute approximate surface area is 52.6 Å². The summed E-state index contributed by atoms with van der Waals surface area (Å²) >= 11 is 0. The van der Waals surface area contributed by atoms with E-state index in [2.05, 4.69) is 0 Å². The van der Waals surface area contributed by atoms with E-state index < -0.39 is 10.0 Å². The van der Waals surface area contributed by atoms with Gasteiger partial charge >= 0.3 is 0 Å². The predicted octanol–water partition coefficient (Wildman–Crippen LogP) is -0.998. The summed E-state index contributed by atoms with van der Waals surface area (Å²) in [5.41, 5.74) is 0. The number of hydrogen-bond donors (Lipinski definition) is 1. The van der Waals surface area contributed by atoms with Crippen LogP contribution in [0.4, 0.5) is 0 Å². The van der Waals surface area contributed by atoms with Gasteiger partial charge in [0.15, 0.2) is 5.78 Å². The minimum atomic E-state index is -3.27. The van der Waals surface area contributed by atoms with Crippen LogP contribution >= 0.6 is 0 Å². The SMILES string of the molecule is O=C1C=CS(=O)(=O)NC1. The first-order chi connectivity index (χ1) is 4.10. The van der Waals surface area contributed by atoms with Crippen LogP contribution in [0.3, 0.4) is 0 Å². The molecule has 0 radical (unpaired) electrons. The minimum absolute atomic E-state index is 0.112. The van der Waals surface area contributed by atoms with Crippen molar-refractivity contribution in [3.63, 3.8) is 0 Å². The summed E-state index contributed by atoms with van der Waals surface area (Å²) in [5.74, 6) is -0.218. The zero-order chi connectivity index (χ0) is 6.91. The van der Waals surface area contributed by atoms with Crippen LogP contribution in [0.1, 0.15) is 0 Å². The molecule has 0 spiro atoms. The predicted molar refractivity (Wildman–Crippen MR) is 31.1 cm³/mol. The topological polar surface area (TPSA) is 63.2 Å². The average Bonchev–Trinajstić information content (AvgIpc) is 1.78. The fourth-order valence-electron chi connectivity index (χ4n) is 0.444. The van der Waals surface area contributed by atoms with Crippen molar-refractivity contribution >= 4 is 15.8 Å². The van der Waals surface area contributed by atoms with E-state index in [1.165, 1.54) is 0 Å². The highest BCUT2D eigenvalue weighted by atomic mass is 32.2. The molecule has 1 rings (SSSR count). The summed E-state index contributed by atoms with van der Waals surface area (Å²) in [7, 11) is -3.27. The van der Waals surface area contributed by atoms with Crippen molar-refractivity contribution in [1.29, 1.82) is 0 Å². The summed E-state index contributed by atoms with van der Waals surface area (Å²) in [6.45, 7) is -0.112. The molecule has 0 aromatic carbocycles. The Morgan fingerprint density at radius 3 is 2.56 bits per heavy atom. The lowest BCUT2D eigenvalue weighted by atomic mass is 10.4. The molecule has 0 saturated carbocycles. The maximum atomic E-state index is 10.4. The Morgan fingerprint density at radius 2 is 2.22 bits per heavy atom. The first-order valence-corrected chi connectivity index (χ1v) is 3.85. The summed E-state index contributed by atoms with van der Waals surface area (Å²) in [6.07, 6.45) is 1.05. The van der Waals surface area contributed by atoms with Crippen molar-refractivity contribution < 1.29 is 13.2 Å². The number of carbonyl (C=O) groups is 1. The Balaban J connectivity index is 2.95. The molecular formula is C4H5NO3S. The van der Waals surface area contributed by atoms with Crippen LogP contribution < -0.4 is 4.72 Å². The third-order valence-electron chi connectivity index (χ3n) is 0.881. The second-order valence-corrected chi connectivity index (χ2v) is 3.29. The van der Waals surface area contributed by atoms with Crippen LogP contribution in [-0.4, -0.2) is 20.7 Å². The molecule has 1 N–H and O–H groups in total. The molecule has 0 aromatic rings. The molecule has 0 fully saturated rings. The Kier molecular flexibility index (Phi) is 1.38. The van der Waals surface area contributed by atoms with E-state index in [9.17, 15) is 13.2 Å². The molecule has 0 aliphatic carbocycles. The van der Waals surface area contributed by atoms with E-state index in [0.717, 1.165) is 11.5 Å². The van der Waals surface area contributed by atoms with Crippen molar-refractivity contribution in [1.82, 2.24) is 4.72 Å². The van der Waals surface area contributed by atoms with Gasteiger partial charge in [-0.1, -0.05) is 0 Å². The lowest BCUT2D eigenvalue weighted by Gasteiger charge is -2.03. The molecule has 50 valence electrons. The number of nitrogens with one attached hydrogen (secondary N) is 1. The zero-order valence-corrected chi connectivity index (χ0v) is 5.31. The quantitative estimate of drug-likeness (QED) is 0.478. The van der Waals surface area contributed by atoms with Gasteiger partial charge in [-0.3, -0.25) is 4.79 Å². The van der Waals surface area contributed by atoms with Crippen LogP contribution in [0.25, 0.3) is 0 Å². The Morgan fingerprint density at radius 1 is 1.56 bits per heavy atom. The minimum Gasteiger partial charge on any atom is -0.293 e. The third kappa shape index (κ3) is 1.62. The van der Waals surface area contributed by atoms with Crippen LogP contribution in [0, 0.1) is 0 Å². The molecule has 0 amide bonds. The number of rotatable bonds is 0. The van der Waals surface area contributed by atoms with Crippen LogP contribution in [0.2, 0.25) is 0 Å². The van der Waals surface area contributed by atoms with Gasteiger partial charge in [-0.05, 0) is 6.08 Å². The lowest BCUT2D eigenvalue weighted by Crippen LogP contribution is -2.30. The number of carbonyl (C=O) groups excluding carboxylic acids is 1. The van der Waals surface area contributed by atoms with Gasteiger partial charge in [0.1, 0.15) is 0 Å². The number of hydrogen-bond acceptors (Lipinski definition) is 3. The Hall–Kier alpha value is -0.680. The van der Waals surface area contributed by atoms with E-state index in [1.807, 2.05) is 4.72 Å². The van der Waals surface area contributed by atoms with E-state index in [1.54, 1.807) is 0 Å². The fraction of sp³-hybridized carbons (Fsp3) is 0.250. The van der Waals surface area contributed by atoms with Crippen molar-refractivity contribution in [2.45, 2.75) is 0 Å². The summed E-state index contributed by atoms with van der Waals surface area (Å²) in [4.78, 5) is 10.3. The van der Waals surface area contributed by atoms with Crippen LogP contribution in [-0.2, 0) is 14.8 Å². The van der Waals surface area contributed by atoms with Crippen LogP contribution in [0.5, 0.6) is 0 Å². The van der Waals surface area contributed by atoms with Gasteiger partial charge in [-0.25, -0.2) is 13.1 Å². The molecule has 4 nitrogen and oxygen atoms in total. The highest BCUT2D eigenvalue weighted by Crippen LogP contribution is 1.92. The van der Waals surface area contributed by atoms with Gasteiger partial charge in [0.05, 0.1) is 6.54 Å². The highest BCUT2D eigenvalue weighted by Gasteiger charge is 2.12. The first kappa shape index (κ1) is 6.44. The standard InChI is InChI=1S/C4H5NO3S/c6-4-1-2-9(7,8)5-3-4/h1-2,5H,3H2.